The molecule has 1 fully saturated rings. The number of likely N-dealkylation sites (tertiary alicyclic amines) is 1. The van der Waals surface area contributed by atoms with Crippen molar-refractivity contribution in [3.05, 3.63) is 29.3 Å². The first-order valence-corrected chi connectivity index (χ1v) is 8.87. The van der Waals surface area contributed by atoms with E-state index in [1.807, 2.05) is 6.07 Å². The number of aryl methyl sites for hydroxylation is 2. The molecule has 0 spiro atoms. The number of alkyl halides is 3. The Morgan fingerprint density at radius 3 is 2.58 bits per heavy atom. The van der Waals surface area contributed by atoms with Crippen molar-refractivity contribution in [3.63, 3.8) is 0 Å². The normalized spacial score (nSPS) is 19.1. The molecule has 1 aromatic carbocycles. The first-order valence-electron chi connectivity index (χ1n) is 8.87. The number of hydrogen-bond acceptors (Lipinski definition) is 2. The molecular weight excluding hydrogens is 456 g/mol. The smallest absolute Gasteiger partial charge is 0.370 e. The van der Waals surface area contributed by atoms with Crippen LogP contribution in [0.1, 0.15) is 30.4 Å². The molecule has 0 unspecified atom stereocenters. The molecule has 1 aliphatic carbocycles. The van der Waals surface area contributed by atoms with Crippen molar-refractivity contribution < 1.29 is 13.2 Å². The van der Waals surface area contributed by atoms with Crippen molar-refractivity contribution in [1.29, 1.82) is 0 Å². The summed E-state index contributed by atoms with van der Waals surface area (Å²) >= 11 is 0. The summed E-state index contributed by atoms with van der Waals surface area (Å²) in [6.07, 6.45) is 0.798. The Morgan fingerprint density at radius 1 is 1.19 bits per heavy atom. The number of hydrogen-bond donors (Lipinski definition) is 2. The Kier molecular flexibility index (Phi) is 7.57. The molecule has 0 bridgehead atoms. The largest absolute Gasteiger partial charge is 0.401 e. The minimum Gasteiger partial charge on any atom is -0.370 e. The van der Waals surface area contributed by atoms with Crippen LogP contribution >= 0.6 is 24.0 Å². The van der Waals surface area contributed by atoms with E-state index in [1.165, 1.54) is 22.4 Å². The predicted molar refractivity (Wildman–Crippen MR) is 109 cm³/mol. The highest BCUT2D eigenvalue weighted by Gasteiger charge is 2.32. The second-order valence-corrected chi connectivity index (χ2v) is 7.02. The first-order chi connectivity index (χ1) is 11.9. The van der Waals surface area contributed by atoms with Gasteiger partial charge in [-0.3, -0.25) is 9.89 Å². The maximum absolute atomic E-state index is 12.4. The molecular formula is C18H26F3IN4. The lowest BCUT2D eigenvalue weighted by Crippen LogP contribution is -2.40. The summed E-state index contributed by atoms with van der Waals surface area (Å²) in [5, 5.41) is 3.12. The van der Waals surface area contributed by atoms with E-state index in [0.29, 0.717) is 31.5 Å². The molecule has 8 heteroatoms. The lowest BCUT2D eigenvalue weighted by atomic mass is 9.97. The molecule has 2 aliphatic rings. The van der Waals surface area contributed by atoms with E-state index >= 15 is 0 Å². The van der Waals surface area contributed by atoms with Gasteiger partial charge in [0.15, 0.2) is 5.96 Å². The second kappa shape index (κ2) is 9.25. The molecule has 1 saturated heterocycles. The van der Waals surface area contributed by atoms with Gasteiger partial charge in [-0.1, -0.05) is 6.07 Å². The van der Waals surface area contributed by atoms with Crippen LogP contribution in [-0.4, -0.2) is 43.2 Å². The van der Waals surface area contributed by atoms with Crippen LogP contribution in [-0.2, 0) is 12.8 Å². The fourth-order valence-corrected chi connectivity index (χ4v) is 3.65. The second-order valence-electron chi connectivity index (χ2n) is 7.02. The highest BCUT2D eigenvalue weighted by Crippen LogP contribution is 2.25. The zero-order valence-corrected chi connectivity index (χ0v) is 17.0. The summed E-state index contributed by atoms with van der Waals surface area (Å²) in [7, 11) is 0. The summed E-state index contributed by atoms with van der Waals surface area (Å²) in [5.74, 6) is 0.667. The summed E-state index contributed by atoms with van der Waals surface area (Å²) in [4.78, 5) is 5.84. The summed E-state index contributed by atoms with van der Waals surface area (Å²) in [6.45, 7) is 0.685. The first kappa shape index (κ1) is 21.3. The Morgan fingerprint density at radius 2 is 1.88 bits per heavy atom. The number of anilines is 1. The molecule has 0 aromatic heterocycles. The van der Waals surface area contributed by atoms with Gasteiger partial charge in [-0.05, 0) is 74.4 Å². The van der Waals surface area contributed by atoms with Crippen molar-refractivity contribution in [2.45, 2.75) is 38.3 Å². The number of nitrogens with one attached hydrogen (secondary N) is 1. The zero-order valence-electron chi connectivity index (χ0n) is 14.7. The average molecular weight is 482 g/mol. The van der Waals surface area contributed by atoms with Gasteiger partial charge in [-0.15, -0.1) is 24.0 Å². The number of fused-ring (bicyclic) bond motifs is 1. The molecule has 1 heterocycles. The molecule has 0 atom stereocenters. The van der Waals surface area contributed by atoms with E-state index in [-0.39, 0.29) is 24.0 Å². The van der Waals surface area contributed by atoms with Crippen LogP contribution in [0.5, 0.6) is 0 Å². The number of nitrogens with two attached hydrogens (primary N) is 1. The topological polar surface area (TPSA) is 53.6 Å². The molecule has 0 saturated carbocycles. The number of piperidine rings is 1. The highest BCUT2D eigenvalue weighted by atomic mass is 127. The van der Waals surface area contributed by atoms with Crippen LogP contribution in [0.15, 0.2) is 23.2 Å². The minimum atomic E-state index is -4.12. The van der Waals surface area contributed by atoms with Gasteiger partial charge in [0.05, 0.1) is 6.54 Å². The van der Waals surface area contributed by atoms with Crippen LogP contribution in [0.25, 0.3) is 0 Å². The van der Waals surface area contributed by atoms with E-state index in [9.17, 15) is 13.2 Å². The van der Waals surface area contributed by atoms with Crippen molar-refractivity contribution in [2.75, 3.05) is 31.5 Å². The lowest BCUT2D eigenvalue weighted by Gasteiger charge is -2.31. The molecule has 4 nitrogen and oxygen atoms in total. The molecule has 3 N–H and O–H groups in total. The summed E-state index contributed by atoms with van der Waals surface area (Å²) in [6, 6.07) is 6.27. The maximum atomic E-state index is 12.4. The van der Waals surface area contributed by atoms with Crippen LogP contribution in [0.3, 0.4) is 0 Å². The molecule has 0 amide bonds. The maximum Gasteiger partial charge on any atom is 0.401 e. The van der Waals surface area contributed by atoms with Gasteiger partial charge in [-0.2, -0.15) is 13.2 Å². The fourth-order valence-electron chi connectivity index (χ4n) is 3.65. The van der Waals surface area contributed by atoms with Crippen LogP contribution < -0.4 is 11.1 Å². The predicted octanol–water partition coefficient (Wildman–Crippen LogP) is 3.79. The van der Waals surface area contributed by atoms with Crippen molar-refractivity contribution in [1.82, 2.24) is 4.90 Å². The minimum absolute atomic E-state index is 0. The molecule has 1 aromatic rings. The standard InChI is InChI=1S/C18H25F3N4.HI/c19-18(20,21)12-25-8-6-13(7-9-25)11-23-17(22)24-16-5-4-14-2-1-3-15(14)10-16;/h4-5,10,13H,1-3,6-9,11-12H2,(H3,22,23,24);1H. The third-order valence-corrected chi connectivity index (χ3v) is 5.00. The van der Waals surface area contributed by atoms with Crippen LogP contribution in [0.4, 0.5) is 18.9 Å². The Hall–Kier alpha value is -1.03. The van der Waals surface area contributed by atoms with Gasteiger partial charge in [0.2, 0.25) is 0 Å². The summed E-state index contributed by atoms with van der Waals surface area (Å²) in [5.41, 5.74) is 9.68. The van der Waals surface area contributed by atoms with Gasteiger partial charge in [-0.25, -0.2) is 0 Å². The molecule has 1 aliphatic heterocycles. The molecule has 3 rings (SSSR count). The van der Waals surface area contributed by atoms with Gasteiger partial charge < -0.3 is 11.1 Å². The molecule has 146 valence electrons. The average Bonchev–Trinajstić information content (AvgIpc) is 3.00. The number of halogens is 4. The monoisotopic (exact) mass is 482 g/mol. The van der Waals surface area contributed by atoms with Crippen molar-refractivity contribution >= 4 is 35.6 Å². The lowest BCUT2D eigenvalue weighted by molar-refractivity contribution is -0.148. The van der Waals surface area contributed by atoms with Gasteiger partial charge in [0.25, 0.3) is 0 Å². The van der Waals surface area contributed by atoms with Gasteiger partial charge >= 0.3 is 6.18 Å². The van der Waals surface area contributed by atoms with Crippen LogP contribution in [0, 0.1) is 5.92 Å². The number of guanidine groups is 1. The van der Waals surface area contributed by atoms with E-state index < -0.39 is 12.7 Å². The third-order valence-electron chi connectivity index (χ3n) is 5.00. The van der Waals surface area contributed by atoms with Gasteiger partial charge in [0.1, 0.15) is 0 Å². The fraction of sp³-hybridized carbons (Fsp3) is 0.611. The Balaban J connectivity index is 0.00000243. The number of rotatable bonds is 4. The highest BCUT2D eigenvalue weighted by molar-refractivity contribution is 14.0. The van der Waals surface area contributed by atoms with E-state index in [4.69, 9.17) is 5.73 Å². The molecule has 26 heavy (non-hydrogen) atoms. The number of benzene rings is 1. The quantitative estimate of drug-likeness (QED) is 0.390. The molecule has 0 radical (unpaired) electrons. The van der Waals surface area contributed by atoms with Gasteiger partial charge in [0, 0.05) is 12.2 Å². The van der Waals surface area contributed by atoms with E-state index in [1.54, 1.807) is 0 Å². The SMILES string of the molecule is I.NC(=NCC1CCN(CC(F)(F)F)CC1)Nc1ccc2c(c1)CCC2. The third kappa shape index (κ3) is 6.29. The van der Waals surface area contributed by atoms with E-state index in [2.05, 4.69) is 22.4 Å². The van der Waals surface area contributed by atoms with Crippen molar-refractivity contribution in [2.24, 2.45) is 16.6 Å². The Labute approximate surface area is 169 Å². The van der Waals surface area contributed by atoms with Crippen LogP contribution in [0.2, 0.25) is 0 Å². The summed E-state index contributed by atoms with van der Waals surface area (Å²) < 4.78 is 37.2. The van der Waals surface area contributed by atoms with E-state index in [0.717, 1.165) is 31.4 Å². The number of aliphatic imine (C=N–C) groups is 1. The zero-order chi connectivity index (χ0) is 17.9. The Bertz CT molecular complexity index is 625. The van der Waals surface area contributed by atoms with Crippen molar-refractivity contribution in [3.8, 4) is 0 Å². The number of nitrogens with zero attached hydrogens (tertiary/aromatic N) is 2.